The predicted molar refractivity (Wildman–Crippen MR) is 67.3 cm³/mol. The number of hydrogen-bond donors (Lipinski definition) is 1. The highest BCUT2D eigenvalue weighted by Gasteiger charge is 2.33. The highest BCUT2D eigenvalue weighted by Crippen LogP contribution is 2.34. The highest BCUT2D eigenvalue weighted by atomic mass is 19.4. The average molecular weight is 272 g/mol. The SMILES string of the molecule is C=CC1CNCCN1c1ccccc1OC(F)(F)F. The van der Waals surface area contributed by atoms with Gasteiger partial charge >= 0.3 is 6.36 Å². The van der Waals surface area contributed by atoms with Crippen molar-refractivity contribution in [3.63, 3.8) is 0 Å². The lowest BCUT2D eigenvalue weighted by Crippen LogP contribution is -2.50. The van der Waals surface area contributed by atoms with Gasteiger partial charge in [0.15, 0.2) is 5.75 Å². The zero-order valence-corrected chi connectivity index (χ0v) is 10.3. The molecule has 0 aliphatic carbocycles. The van der Waals surface area contributed by atoms with Gasteiger partial charge in [0.05, 0.1) is 11.7 Å². The summed E-state index contributed by atoms with van der Waals surface area (Å²) in [6.45, 7) is 5.70. The van der Waals surface area contributed by atoms with E-state index in [4.69, 9.17) is 0 Å². The Kier molecular flexibility index (Phi) is 3.99. The summed E-state index contributed by atoms with van der Waals surface area (Å²) in [7, 11) is 0. The highest BCUT2D eigenvalue weighted by molar-refractivity contribution is 5.60. The van der Waals surface area contributed by atoms with E-state index in [1.54, 1.807) is 18.2 Å². The Morgan fingerprint density at radius 2 is 2.11 bits per heavy atom. The molecule has 1 aromatic carbocycles. The summed E-state index contributed by atoms with van der Waals surface area (Å²) >= 11 is 0. The third-order valence-electron chi connectivity index (χ3n) is 2.96. The van der Waals surface area contributed by atoms with Crippen molar-refractivity contribution in [2.75, 3.05) is 24.5 Å². The molecule has 1 N–H and O–H groups in total. The monoisotopic (exact) mass is 272 g/mol. The first-order valence-electron chi connectivity index (χ1n) is 5.96. The van der Waals surface area contributed by atoms with Crippen molar-refractivity contribution in [2.24, 2.45) is 0 Å². The summed E-state index contributed by atoms with van der Waals surface area (Å²) in [5.74, 6) is -0.177. The minimum absolute atomic E-state index is 0.0493. The molecule has 0 spiro atoms. The molecule has 0 aromatic heterocycles. The van der Waals surface area contributed by atoms with Gasteiger partial charge in [-0.3, -0.25) is 0 Å². The molecule has 0 bridgehead atoms. The van der Waals surface area contributed by atoms with Crippen LogP contribution < -0.4 is 15.0 Å². The molecule has 1 aliphatic rings. The Hall–Kier alpha value is -1.69. The van der Waals surface area contributed by atoms with E-state index in [-0.39, 0.29) is 11.8 Å². The third-order valence-corrected chi connectivity index (χ3v) is 2.96. The number of anilines is 1. The van der Waals surface area contributed by atoms with Gasteiger partial charge in [0.2, 0.25) is 0 Å². The van der Waals surface area contributed by atoms with E-state index >= 15 is 0 Å². The van der Waals surface area contributed by atoms with Crippen molar-refractivity contribution in [1.29, 1.82) is 0 Å². The molecule has 6 heteroatoms. The molecule has 19 heavy (non-hydrogen) atoms. The molecule has 1 aliphatic heterocycles. The molecule has 1 fully saturated rings. The number of piperazine rings is 1. The fraction of sp³-hybridized carbons (Fsp3) is 0.385. The molecule has 104 valence electrons. The topological polar surface area (TPSA) is 24.5 Å². The second kappa shape index (κ2) is 5.52. The molecule has 1 unspecified atom stereocenters. The van der Waals surface area contributed by atoms with Crippen molar-refractivity contribution in [1.82, 2.24) is 5.32 Å². The van der Waals surface area contributed by atoms with Crippen molar-refractivity contribution in [3.8, 4) is 5.75 Å². The molecule has 1 aromatic rings. The van der Waals surface area contributed by atoms with Crippen LogP contribution in [-0.2, 0) is 0 Å². The maximum Gasteiger partial charge on any atom is 0.573 e. The fourth-order valence-corrected chi connectivity index (χ4v) is 2.14. The molecule has 1 atom stereocenters. The number of halogens is 3. The van der Waals surface area contributed by atoms with E-state index in [9.17, 15) is 13.2 Å². The van der Waals surface area contributed by atoms with Gasteiger partial charge in [0, 0.05) is 19.6 Å². The Morgan fingerprint density at radius 1 is 1.37 bits per heavy atom. The Labute approximate surface area is 109 Å². The van der Waals surface area contributed by atoms with E-state index in [2.05, 4.69) is 16.6 Å². The zero-order valence-electron chi connectivity index (χ0n) is 10.3. The maximum absolute atomic E-state index is 12.4. The molecule has 3 nitrogen and oxygen atoms in total. The zero-order chi connectivity index (χ0) is 13.9. The van der Waals surface area contributed by atoms with Crippen LogP contribution in [0.15, 0.2) is 36.9 Å². The Morgan fingerprint density at radius 3 is 2.79 bits per heavy atom. The number of benzene rings is 1. The van der Waals surface area contributed by atoms with Gasteiger partial charge in [-0.05, 0) is 12.1 Å². The minimum Gasteiger partial charge on any atom is -0.404 e. The molecule has 0 amide bonds. The van der Waals surface area contributed by atoms with Gasteiger partial charge in [-0.15, -0.1) is 19.8 Å². The fourth-order valence-electron chi connectivity index (χ4n) is 2.14. The van der Waals surface area contributed by atoms with Crippen LogP contribution >= 0.6 is 0 Å². The van der Waals surface area contributed by atoms with Crippen LogP contribution in [0.1, 0.15) is 0 Å². The molecule has 1 saturated heterocycles. The number of nitrogens with zero attached hydrogens (tertiary/aromatic N) is 1. The lowest BCUT2D eigenvalue weighted by Gasteiger charge is -2.37. The van der Waals surface area contributed by atoms with Crippen molar-refractivity contribution in [2.45, 2.75) is 12.4 Å². The first-order chi connectivity index (χ1) is 9.01. The van der Waals surface area contributed by atoms with Crippen LogP contribution in [0.4, 0.5) is 18.9 Å². The smallest absolute Gasteiger partial charge is 0.404 e. The van der Waals surface area contributed by atoms with Crippen molar-refractivity contribution < 1.29 is 17.9 Å². The molecular weight excluding hydrogens is 257 g/mol. The van der Waals surface area contributed by atoms with E-state index < -0.39 is 6.36 Å². The van der Waals surface area contributed by atoms with Gasteiger partial charge in [0.25, 0.3) is 0 Å². The molecule has 0 saturated carbocycles. The first-order valence-corrected chi connectivity index (χ1v) is 5.96. The summed E-state index contributed by atoms with van der Waals surface area (Å²) in [5, 5.41) is 3.18. The van der Waals surface area contributed by atoms with Gasteiger partial charge in [-0.1, -0.05) is 18.2 Å². The number of para-hydroxylation sites is 2. The molecule has 0 radical (unpaired) electrons. The third kappa shape index (κ3) is 3.41. The summed E-state index contributed by atoms with van der Waals surface area (Å²) in [5.41, 5.74) is 0.436. The standard InChI is InChI=1S/C13H15F3N2O/c1-2-10-9-17-7-8-18(10)11-5-3-4-6-12(11)19-13(14,15)16/h2-6,10,17H,1,7-9H2. The molecule has 2 rings (SSSR count). The quantitative estimate of drug-likeness (QED) is 0.856. The Balaban J connectivity index is 2.30. The number of alkyl halides is 3. The van der Waals surface area contributed by atoms with Crippen molar-refractivity contribution >= 4 is 5.69 Å². The summed E-state index contributed by atoms with van der Waals surface area (Å²) < 4.78 is 41.3. The molecule has 1 heterocycles. The average Bonchev–Trinajstić information content (AvgIpc) is 2.37. The molecular formula is C13H15F3N2O. The van der Waals surface area contributed by atoms with E-state index in [0.29, 0.717) is 25.3 Å². The van der Waals surface area contributed by atoms with Gasteiger partial charge in [-0.25, -0.2) is 0 Å². The maximum atomic E-state index is 12.4. The Bertz CT molecular complexity index is 448. The van der Waals surface area contributed by atoms with Crippen LogP contribution in [0.2, 0.25) is 0 Å². The summed E-state index contributed by atoms with van der Waals surface area (Å²) in [6, 6.07) is 6.12. The normalized spacial score (nSPS) is 20.2. The summed E-state index contributed by atoms with van der Waals surface area (Å²) in [6.07, 6.45) is -2.97. The largest absolute Gasteiger partial charge is 0.573 e. The van der Waals surface area contributed by atoms with E-state index in [1.165, 1.54) is 12.1 Å². The van der Waals surface area contributed by atoms with Crippen molar-refractivity contribution in [3.05, 3.63) is 36.9 Å². The lowest BCUT2D eigenvalue weighted by atomic mass is 10.1. The number of rotatable bonds is 3. The predicted octanol–water partition coefficient (Wildman–Crippen LogP) is 2.55. The van der Waals surface area contributed by atoms with Crippen LogP contribution in [0.5, 0.6) is 5.75 Å². The number of hydrogen-bond acceptors (Lipinski definition) is 3. The first kappa shape index (κ1) is 13.7. The van der Waals surface area contributed by atoms with Crippen LogP contribution in [0.3, 0.4) is 0 Å². The second-order valence-corrected chi connectivity index (χ2v) is 4.22. The number of ether oxygens (including phenoxy) is 1. The number of nitrogens with one attached hydrogen (secondary N) is 1. The minimum atomic E-state index is -4.69. The summed E-state index contributed by atoms with van der Waals surface area (Å²) in [4.78, 5) is 1.87. The van der Waals surface area contributed by atoms with E-state index in [1.807, 2.05) is 4.90 Å². The lowest BCUT2D eigenvalue weighted by molar-refractivity contribution is -0.274. The van der Waals surface area contributed by atoms with E-state index in [0.717, 1.165) is 0 Å². The van der Waals surface area contributed by atoms with Crippen LogP contribution in [-0.4, -0.2) is 32.0 Å². The van der Waals surface area contributed by atoms with Gasteiger partial charge in [-0.2, -0.15) is 0 Å². The van der Waals surface area contributed by atoms with Crippen LogP contribution in [0, 0.1) is 0 Å². The van der Waals surface area contributed by atoms with Gasteiger partial charge in [0.1, 0.15) is 0 Å². The van der Waals surface area contributed by atoms with Gasteiger partial charge < -0.3 is 15.0 Å². The second-order valence-electron chi connectivity index (χ2n) is 4.22. The van der Waals surface area contributed by atoms with Crippen LogP contribution in [0.25, 0.3) is 0 Å².